The average Bonchev–Trinajstić information content (AvgIpc) is 2.89. The maximum Gasteiger partial charge on any atom is 0.442 e. The monoisotopic (exact) mass is 704 g/mol. The van der Waals surface area contributed by atoms with Gasteiger partial charge in [-0.2, -0.15) is 52.7 Å². The van der Waals surface area contributed by atoms with E-state index in [1.807, 2.05) is 0 Å². The molecule has 5 nitrogen and oxygen atoms in total. The molecule has 240 valence electrons. The van der Waals surface area contributed by atoms with Crippen LogP contribution in [0.1, 0.15) is 22.3 Å². The van der Waals surface area contributed by atoms with Gasteiger partial charge >= 0.3 is 36.3 Å². The lowest BCUT2D eigenvalue weighted by Gasteiger charge is -2.39. The third-order valence-electron chi connectivity index (χ3n) is 6.71. The van der Waals surface area contributed by atoms with E-state index in [2.05, 4.69) is 26.0 Å². The van der Waals surface area contributed by atoms with Crippen molar-refractivity contribution in [2.45, 2.75) is 53.8 Å². The molecule has 1 aliphatic rings. The van der Waals surface area contributed by atoms with E-state index in [4.69, 9.17) is 0 Å². The topological polar surface area (TPSA) is 61.8 Å². The van der Waals surface area contributed by atoms with Crippen LogP contribution in [0, 0.1) is 0 Å². The molecule has 0 bridgehead atoms. The average molecular weight is 705 g/mol. The van der Waals surface area contributed by atoms with Crippen molar-refractivity contribution in [3.8, 4) is 0 Å². The predicted molar refractivity (Wildman–Crippen MR) is 128 cm³/mol. The minimum absolute atomic E-state index is 0.0399. The molecule has 43 heavy (non-hydrogen) atoms. The molecule has 0 amide bonds. The molecule has 1 unspecified atom stereocenters. The molecule has 1 saturated heterocycles. The highest BCUT2D eigenvalue weighted by Gasteiger charge is 2.75. The molecule has 2 N–H and O–H groups in total. The highest BCUT2D eigenvalue weighted by molar-refractivity contribution is 9.08. The van der Waals surface area contributed by atoms with Gasteiger partial charge in [-0.15, -0.1) is 0 Å². The number of hydrogen-bond donors (Lipinski definition) is 2. The molecular formula is C25H21BrF12N2O3. The van der Waals surface area contributed by atoms with Crippen LogP contribution in [-0.4, -0.2) is 66.4 Å². The molecule has 0 aliphatic carbocycles. The standard InChI is InChI=1S/C25H21BrF12N2O3/c26-11-14-1-7-17(8-2-14)21(24(33,34)35,25(36,37)38)43-19(41)18-13-40(10-9-39-18)12-15-3-5-16(6-4-15)20(42,22(27,28)29)23(30,31)32/h1-8,18,39,42H,9-13H2. The van der Waals surface area contributed by atoms with E-state index < -0.39 is 65.6 Å². The molecule has 0 radical (unpaired) electrons. The van der Waals surface area contributed by atoms with Crippen LogP contribution in [0.3, 0.4) is 0 Å². The van der Waals surface area contributed by atoms with Crippen molar-refractivity contribution in [2.24, 2.45) is 0 Å². The first-order valence-corrected chi connectivity index (χ1v) is 13.1. The summed E-state index contributed by atoms with van der Waals surface area (Å²) in [6.07, 6.45) is -24.5. The second-order valence-electron chi connectivity index (χ2n) is 9.57. The summed E-state index contributed by atoms with van der Waals surface area (Å²) in [5.41, 5.74) is -12.7. The third-order valence-corrected chi connectivity index (χ3v) is 7.36. The zero-order valence-corrected chi connectivity index (χ0v) is 22.9. The van der Waals surface area contributed by atoms with Crippen molar-refractivity contribution in [3.05, 3.63) is 70.8 Å². The minimum Gasteiger partial charge on any atom is -0.433 e. The smallest absolute Gasteiger partial charge is 0.433 e. The van der Waals surface area contributed by atoms with Crippen molar-refractivity contribution >= 4 is 21.9 Å². The van der Waals surface area contributed by atoms with Crippen LogP contribution < -0.4 is 5.32 Å². The summed E-state index contributed by atoms with van der Waals surface area (Å²) in [6.45, 7) is -0.910. The third kappa shape index (κ3) is 6.76. The summed E-state index contributed by atoms with van der Waals surface area (Å²) in [4.78, 5) is 14.1. The number of hydrogen-bond acceptors (Lipinski definition) is 5. The number of ether oxygens (including phenoxy) is 1. The van der Waals surface area contributed by atoms with Crippen molar-refractivity contribution < 1.29 is 67.3 Å². The van der Waals surface area contributed by atoms with E-state index in [-0.39, 0.29) is 30.5 Å². The van der Waals surface area contributed by atoms with Crippen LogP contribution in [0.2, 0.25) is 0 Å². The number of nitrogens with zero attached hydrogens (tertiary/aromatic N) is 1. The Balaban J connectivity index is 1.83. The van der Waals surface area contributed by atoms with Crippen molar-refractivity contribution in [1.29, 1.82) is 0 Å². The van der Waals surface area contributed by atoms with Gasteiger partial charge in [-0.1, -0.05) is 64.5 Å². The normalized spacial score (nSPS) is 18.0. The van der Waals surface area contributed by atoms with E-state index in [1.165, 1.54) is 4.90 Å². The second-order valence-corrected chi connectivity index (χ2v) is 10.1. The van der Waals surface area contributed by atoms with E-state index >= 15 is 0 Å². The fraction of sp³-hybridized carbons (Fsp3) is 0.480. The highest BCUT2D eigenvalue weighted by Crippen LogP contribution is 2.53. The van der Waals surface area contributed by atoms with Crippen LogP contribution in [0.15, 0.2) is 48.5 Å². The van der Waals surface area contributed by atoms with Crippen molar-refractivity contribution in [3.63, 3.8) is 0 Å². The van der Waals surface area contributed by atoms with Crippen LogP contribution in [-0.2, 0) is 32.6 Å². The SMILES string of the molecule is O=C(OC(c1ccc(CBr)cc1)(C(F)(F)F)C(F)(F)F)C1CN(Cc2ccc(C(O)(C(F)(F)F)C(F)(F)F)cc2)CCN1. The Bertz CT molecular complexity index is 1230. The minimum atomic E-state index is -6.14. The number of carbonyl (C=O) groups is 1. The van der Waals surface area contributed by atoms with Gasteiger partial charge in [0.2, 0.25) is 0 Å². The van der Waals surface area contributed by atoms with Gasteiger partial charge in [0.15, 0.2) is 0 Å². The summed E-state index contributed by atoms with van der Waals surface area (Å²) in [6, 6.07) is 3.73. The molecule has 1 heterocycles. The van der Waals surface area contributed by atoms with Gasteiger partial charge in [0.1, 0.15) is 6.04 Å². The molecule has 3 rings (SSSR count). The Labute approximate surface area is 243 Å². The van der Waals surface area contributed by atoms with E-state index in [9.17, 15) is 62.6 Å². The number of aliphatic hydroxyl groups is 1. The summed E-state index contributed by atoms with van der Waals surface area (Å²) < 4.78 is 168. The molecule has 18 heteroatoms. The van der Waals surface area contributed by atoms with Gasteiger partial charge in [0, 0.05) is 42.6 Å². The molecule has 2 aromatic rings. The molecular weight excluding hydrogens is 684 g/mol. The van der Waals surface area contributed by atoms with Gasteiger partial charge in [0.25, 0.3) is 5.60 Å². The summed E-state index contributed by atoms with van der Waals surface area (Å²) in [5, 5.41) is 12.1. The number of halogens is 13. The Morgan fingerprint density at radius 3 is 1.70 bits per heavy atom. The van der Waals surface area contributed by atoms with Gasteiger partial charge in [-0.3, -0.25) is 9.69 Å². The maximum absolute atomic E-state index is 14.1. The lowest BCUT2D eigenvalue weighted by atomic mass is 9.91. The highest BCUT2D eigenvalue weighted by atomic mass is 79.9. The van der Waals surface area contributed by atoms with Crippen LogP contribution in [0.4, 0.5) is 52.7 Å². The molecule has 1 aliphatic heterocycles. The molecule has 0 spiro atoms. The molecule has 1 fully saturated rings. The van der Waals surface area contributed by atoms with Crippen LogP contribution >= 0.6 is 15.9 Å². The Morgan fingerprint density at radius 2 is 1.26 bits per heavy atom. The number of alkyl halides is 13. The lowest BCUT2D eigenvalue weighted by molar-refractivity contribution is -0.378. The Hall–Kier alpha value is -2.57. The van der Waals surface area contributed by atoms with Gasteiger partial charge < -0.3 is 15.2 Å². The summed E-state index contributed by atoms with van der Waals surface area (Å²) >= 11 is 3.02. The number of nitrogens with one attached hydrogen (secondary N) is 1. The summed E-state index contributed by atoms with van der Waals surface area (Å²) in [7, 11) is 0. The zero-order chi connectivity index (χ0) is 32.6. The quantitative estimate of drug-likeness (QED) is 0.203. The van der Waals surface area contributed by atoms with E-state index in [0.717, 1.165) is 24.3 Å². The van der Waals surface area contributed by atoms with Gasteiger partial charge in [-0.25, -0.2) is 0 Å². The summed E-state index contributed by atoms with van der Waals surface area (Å²) in [5.74, 6) is -1.90. The number of piperazine rings is 1. The maximum atomic E-state index is 14.1. The molecule has 1 atom stereocenters. The van der Waals surface area contributed by atoms with Crippen LogP contribution in [0.5, 0.6) is 0 Å². The number of rotatable bonds is 7. The number of benzene rings is 2. The predicted octanol–water partition coefficient (Wildman–Crippen LogP) is 6.23. The van der Waals surface area contributed by atoms with Gasteiger partial charge in [-0.05, 0) is 11.1 Å². The number of carbonyl (C=O) groups excluding carboxylic acids is 1. The fourth-order valence-electron chi connectivity index (χ4n) is 4.42. The van der Waals surface area contributed by atoms with Crippen molar-refractivity contribution in [2.75, 3.05) is 19.6 Å². The Kier molecular flexibility index (Phi) is 9.81. The largest absolute Gasteiger partial charge is 0.442 e. The molecule has 2 aromatic carbocycles. The first-order chi connectivity index (χ1) is 19.6. The van der Waals surface area contributed by atoms with Crippen LogP contribution in [0.25, 0.3) is 0 Å². The fourth-order valence-corrected chi connectivity index (χ4v) is 4.80. The second kappa shape index (κ2) is 12.1. The first kappa shape index (κ1) is 34.9. The van der Waals surface area contributed by atoms with Crippen molar-refractivity contribution in [1.82, 2.24) is 10.2 Å². The first-order valence-electron chi connectivity index (χ1n) is 12.0. The van der Waals surface area contributed by atoms with E-state index in [0.29, 0.717) is 29.8 Å². The number of esters is 1. The zero-order valence-electron chi connectivity index (χ0n) is 21.4. The Morgan fingerprint density at radius 1 is 0.791 bits per heavy atom. The molecule has 0 aromatic heterocycles. The van der Waals surface area contributed by atoms with Gasteiger partial charge in [0.05, 0.1) is 0 Å². The molecule has 0 saturated carbocycles. The van der Waals surface area contributed by atoms with E-state index in [1.54, 1.807) is 0 Å². The lowest BCUT2D eigenvalue weighted by Crippen LogP contribution is -2.61.